The van der Waals surface area contributed by atoms with Crippen LogP contribution >= 0.6 is 0 Å². The van der Waals surface area contributed by atoms with E-state index in [4.69, 9.17) is 4.74 Å². The lowest BCUT2D eigenvalue weighted by molar-refractivity contribution is 0.0636. The molecule has 1 amide bonds. The van der Waals surface area contributed by atoms with Crippen molar-refractivity contribution in [2.45, 2.75) is 40.2 Å². The zero-order valence-electron chi connectivity index (χ0n) is 12.9. The minimum absolute atomic E-state index is 0.505. The van der Waals surface area contributed by atoms with Crippen molar-refractivity contribution in [3.05, 3.63) is 29.8 Å². The predicted molar refractivity (Wildman–Crippen MR) is 81.1 cm³/mol. The quantitative estimate of drug-likeness (QED) is 0.887. The van der Waals surface area contributed by atoms with Crippen molar-refractivity contribution in [2.24, 2.45) is 0 Å². The largest absolute Gasteiger partial charge is 0.444 e. The summed E-state index contributed by atoms with van der Waals surface area (Å²) in [5.74, 6) is 0.671. The van der Waals surface area contributed by atoms with Gasteiger partial charge < -0.3 is 9.72 Å². The molecule has 0 unspecified atom stereocenters. The summed E-state index contributed by atoms with van der Waals surface area (Å²) in [7, 11) is 0. The average Bonchev–Trinajstić information content (AvgIpc) is 2.67. The molecule has 0 saturated heterocycles. The summed E-state index contributed by atoms with van der Waals surface area (Å²) in [6, 6.07) is 1.71. The molecular formula is C15H20N4O2. The van der Waals surface area contributed by atoms with E-state index in [1.54, 1.807) is 18.5 Å². The van der Waals surface area contributed by atoms with Crippen LogP contribution in [0.5, 0.6) is 0 Å². The van der Waals surface area contributed by atoms with Gasteiger partial charge in [-0.25, -0.2) is 9.78 Å². The number of aromatic amines is 1. The first-order valence-corrected chi connectivity index (χ1v) is 6.74. The molecule has 0 atom stereocenters. The summed E-state index contributed by atoms with van der Waals surface area (Å²) in [4.78, 5) is 23.6. The second-order valence-electron chi connectivity index (χ2n) is 5.84. The first-order valence-electron chi connectivity index (χ1n) is 6.74. The summed E-state index contributed by atoms with van der Waals surface area (Å²) in [5, 5.41) is 2.73. The van der Waals surface area contributed by atoms with Crippen molar-refractivity contribution in [1.82, 2.24) is 15.0 Å². The smallest absolute Gasteiger partial charge is 0.412 e. The van der Waals surface area contributed by atoms with E-state index in [0.717, 1.165) is 17.0 Å². The van der Waals surface area contributed by atoms with Gasteiger partial charge in [0.1, 0.15) is 11.4 Å². The Balaban J connectivity index is 2.27. The SMILES string of the molecule is Cc1nc(-c2cnccc2NC(=O)OC(C)(C)C)[nH]c1C. The number of amides is 1. The van der Waals surface area contributed by atoms with Crippen LogP contribution in [0, 0.1) is 13.8 Å². The van der Waals surface area contributed by atoms with E-state index < -0.39 is 11.7 Å². The molecule has 2 aromatic heterocycles. The van der Waals surface area contributed by atoms with Gasteiger partial charge in [-0.05, 0) is 40.7 Å². The molecule has 2 rings (SSSR count). The number of carbonyl (C=O) groups excluding carboxylic acids is 1. The Labute approximate surface area is 124 Å². The molecule has 6 heteroatoms. The van der Waals surface area contributed by atoms with Crippen molar-refractivity contribution >= 4 is 11.8 Å². The Morgan fingerprint density at radius 2 is 2.05 bits per heavy atom. The van der Waals surface area contributed by atoms with Gasteiger partial charge in [0.05, 0.1) is 16.9 Å². The van der Waals surface area contributed by atoms with Crippen LogP contribution in [0.4, 0.5) is 10.5 Å². The Morgan fingerprint density at radius 1 is 1.33 bits per heavy atom. The van der Waals surface area contributed by atoms with E-state index in [0.29, 0.717) is 11.5 Å². The Kier molecular flexibility index (Phi) is 3.97. The highest BCUT2D eigenvalue weighted by molar-refractivity contribution is 5.90. The monoisotopic (exact) mass is 288 g/mol. The molecular weight excluding hydrogens is 268 g/mol. The van der Waals surface area contributed by atoms with Crippen molar-refractivity contribution < 1.29 is 9.53 Å². The molecule has 0 spiro atoms. The number of ether oxygens (including phenoxy) is 1. The van der Waals surface area contributed by atoms with Crippen LogP contribution in [0.15, 0.2) is 18.5 Å². The number of nitrogens with one attached hydrogen (secondary N) is 2. The van der Waals surface area contributed by atoms with Crippen LogP contribution < -0.4 is 5.32 Å². The zero-order valence-corrected chi connectivity index (χ0v) is 12.9. The van der Waals surface area contributed by atoms with E-state index in [-0.39, 0.29) is 0 Å². The first kappa shape index (κ1) is 15.0. The molecule has 0 aromatic carbocycles. The molecule has 21 heavy (non-hydrogen) atoms. The number of nitrogens with zero attached hydrogens (tertiary/aromatic N) is 2. The van der Waals surface area contributed by atoms with Gasteiger partial charge in [0.2, 0.25) is 0 Å². The molecule has 2 heterocycles. The maximum atomic E-state index is 11.9. The molecule has 0 aliphatic heterocycles. The lowest BCUT2D eigenvalue weighted by Gasteiger charge is -2.20. The van der Waals surface area contributed by atoms with Crippen LogP contribution in [-0.4, -0.2) is 26.6 Å². The number of anilines is 1. The molecule has 0 radical (unpaired) electrons. The fourth-order valence-corrected chi connectivity index (χ4v) is 1.78. The van der Waals surface area contributed by atoms with E-state index in [9.17, 15) is 4.79 Å². The average molecular weight is 288 g/mol. The van der Waals surface area contributed by atoms with Crippen molar-refractivity contribution in [1.29, 1.82) is 0 Å². The number of pyridine rings is 1. The summed E-state index contributed by atoms with van der Waals surface area (Å²) in [6.45, 7) is 9.33. The second-order valence-corrected chi connectivity index (χ2v) is 5.84. The molecule has 0 fully saturated rings. The standard InChI is InChI=1S/C15H20N4O2/c1-9-10(2)18-13(17-9)11-8-16-7-6-12(11)19-14(20)21-15(3,4)5/h6-8H,1-5H3,(H,17,18)(H,16,19,20). The van der Waals surface area contributed by atoms with E-state index in [1.807, 2.05) is 34.6 Å². The normalized spacial score (nSPS) is 11.3. The van der Waals surface area contributed by atoms with Crippen LogP contribution in [0.1, 0.15) is 32.2 Å². The number of rotatable bonds is 2. The van der Waals surface area contributed by atoms with Gasteiger partial charge in [-0.3, -0.25) is 10.3 Å². The third kappa shape index (κ3) is 3.81. The van der Waals surface area contributed by atoms with Crippen molar-refractivity contribution in [3.63, 3.8) is 0 Å². The Morgan fingerprint density at radius 3 is 2.62 bits per heavy atom. The highest BCUT2D eigenvalue weighted by atomic mass is 16.6. The number of hydrogen-bond donors (Lipinski definition) is 2. The second kappa shape index (κ2) is 5.55. The molecule has 0 aliphatic carbocycles. The molecule has 2 N–H and O–H groups in total. The lowest BCUT2D eigenvalue weighted by atomic mass is 10.2. The minimum Gasteiger partial charge on any atom is -0.444 e. The van der Waals surface area contributed by atoms with E-state index in [2.05, 4.69) is 20.3 Å². The topological polar surface area (TPSA) is 79.9 Å². The summed E-state index contributed by atoms with van der Waals surface area (Å²) in [6.07, 6.45) is 2.76. The van der Waals surface area contributed by atoms with Crippen molar-refractivity contribution in [3.8, 4) is 11.4 Å². The third-order valence-electron chi connectivity index (χ3n) is 2.84. The van der Waals surface area contributed by atoms with Crippen LogP contribution in [0.2, 0.25) is 0 Å². The molecule has 2 aromatic rings. The number of imidazole rings is 1. The maximum Gasteiger partial charge on any atom is 0.412 e. The molecule has 0 saturated carbocycles. The van der Waals surface area contributed by atoms with Crippen LogP contribution in [0.25, 0.3) is 11.4 Å². The van der Waals surface area contributed by atoms with Crippen LogP contribution in [0.3, 0.4) is 0 Å². The number of aromatic nitrogens is 3. The number of H-pyrrole nitrogens is 1. The van der Waals surface area contributed by atoms with E-state index >= 15 is 0 Å². The minimum atomic E-state index is -0.546. The number of carbonyl (C=O) groups is 1. The first-order chi connectivity index (χ1) is 9.76. The van der Waals surface area contributed by atoms with Gasteiger partial charge in [0.15, 0.2) is 0 Å². The van der Waals surface area contributed by atoms with Gasteiger partial charge in [-0.2, -0.15) is 0 Å². The molecule has 0 aliphatic rings. The lowest BCUT2D eigenvalue weighted by Crippen LogP contribution is -2.27. The summed E-state index contributed by atoms with van der Waals surface area (Å²) in [5.41, 5.74) is 2.68. The van der Waals surface area contributed by atoms with Gasteiger partial charge >= 0.3 is 6.09 Å². The number of aryl methyl sites for hydroxylation is 2. The highest BCUT2D eigenvalue weighted by Crippen LogP contribution is 2.25. The molecule has 6 nitrogen and oxygen atoms in total. The van der Waals surface area contributed by atoms with Gasteiger partial charge in [-0.15, -0.1) is 0 Å². The van der Waals surface area contributed by atoms with Crippen LogP contribution in [-0.2, 0) is 4.74 Å². The van der Waals surface area contributed by atoms with Gasteiger partial charge in [-0.1, -0.05) is 0 Å². The fourth-order valence-electron chi connectivity index (χ4n) is 1.78. The van der Waals surface area contributed by atoms with Crippen molar-refractivity contribution in [2.75, 3.05) is 5.32 Å². The van der Waals surface area contributed by atoms with E-state index in [1.165, 1.54) is 0 Å². The van der Waals surface area contributed by atoms with Gasteiger partial charge in [0, 0.05) is 18.1 Å². The maximum absolute atomic E-state index is 11.9. The fraction of sp³-hybridized carbons (Fsp3) is 0.400. The zero-order chi connectivity index (χ0) is 15.6. The number of hydrogen-bond acceptors (Lipinski definition) is 4. The van der Waals surface area contributed by atoms with Gasteiger partial charge in [0.25, 0.3) is 0 Å². The summed E-state index contributed by atoms with van der Waals surface area (Å²) < 4.78 is 5.26. The predicted octanol–water partition coefficient (Wildman–Crippen LogP) is 3.44. The summed E-state index contributed by atoms with van der Waals surface area (Å²) >= 11 is 0. The Bertz CT molecular complexity index is 636. The highest BCUT2D eigenvalue weighted by Gasteiger charge is 2.18. The molecule has 0 bridgehead atoms. The Hall–Kier alpha value is -2.37. The third-order valence-corrected chi connectivity index (χ3v) is 2.84. The molecule has 112 valence electrons.